The second-order valence-electron chi connectivity index (χ2n) is 6.27. The van der Waals surface area contributed by atoms with E-state index in [2.05, 4.69) is 28.6 Å². The minimum Gasteiger partial charge on any atom is -0.326 e. The molecule has 23 heavy (non-hydrogen) atoms. The Morgan fingerprint density at radius 3 is 3.00 bits per heavy atom. The van der Waals surface area contributed by atoms with Gasteiger partial charge in [-0.15, -0.1) is 11.3 Å². The first-order valence-corrected chi connectivity index (χ1v) is 8.67. The second-order valence-corrected chi connectivity index (χ2v) is 7.12. The summed E-state index contributed by atoms with van der Waals surface area (Å²) in [6.07, 6.45) is 2.25. The first-order chi connectivity index (χ1) is 11.1. The van der Waals surface area contributed by atoms with E-state index in [1.807, 2.05) is 17.5 Å². The molecule has 5 nitrogen and oxygen atoms in total. The second kappa shape index (κ2) is 5.45. The van der Waals surface area contributed by atoms with Gasteiger partial charge in [-0.3, -0.25) is 9.59 Å². The number of hydrogen-bond acceptors (Lipinski definition) is 4. The third-order valence-electron chi connectivity index (χ3n) is 4.48. The average Bonchev–Trinajstić information content (AvgIpc) is 3.09. The molecule has 2 atom stereocenters. The van der Waals surface area contributed by atoms with Crippen LogP contribution in [0.2, 0.25) is 0 Å². The van der Waals surface area contributed by atoms with Crippen molar-refractivity contribution in [3.63, 3.8) is 0 Å². The smallest absolute Gasteiger partial charge is 0.229 e. The van der Waals surface area contributed by atoms with Crippen LogP contribution in [0.15, 0.2) is 23.6 Å². The van der Waals surface area contributed by atoms with E-state index in [1.54, 1.807) is 0 Å². The Balaban J connectivity index is 1.52. The van der Waals surface area contributed by atoms with E-state index in [1.165, 1.54) is 11.3 Å². The van der Waals surface area contributed by atoms with Gasteiger partial charge in [0.15, 0.2) is 5.13 Å². The Labute approximate surface area is 138 Å². The Hall–Kier alpha value is -2.21. The van der Waals surface area contributed by atoms with Crippen LogP contribution in [0.4, 0.5) is 10.8 Å². The molecular weight excluding hydrogens is 310 g/mol. The summed E-state index contributed by atoms with van der Waals surface area (Å²) in [5, 5.41) is 8.39. The Kier molecular flexibility index (Phi) is 3.41. The third kappa shape index (κ3) is 2.86. The van der Waals surface area contributed by atoms with E-state index in [0.717, 1.165) is 35.3 Å². The standard InChI is InChI=1S/C17H17N3O2S/c1-9-6-12(9)16(22)20-17-19-14(8-23-17)11-2-4-13-10(7-11)3-5-15(21)18-13/h2,4,7-9,12H,3,5-6H2,1H3,(H,18,21)(H,19,20,22)/t9-,12+/m1/s1. The third-order valence-corrected chi connectivity index (χ3v) is 5.23. The number of anilines is 2. The molecule has 1 aromatic carbocycles. The molecule has 0 spiro atoms. The number of rotatable bonds is 3. The van der Waals surface area contributed by atoms with Gasteiger partial charge in [-0.1, -0.05) is 13.0 Å². The van der Waals surface area contributed by atoms with Gasteiger partial charge in [-0.05, 0) is 36.5 Å². The van der Waals surface area contributed by atoms with Crippen LogP contribution in [0.1, 0.15) is 25.3 Å². The van der Waals surface area contributed by atoms with Gasteiger partial charge < -0.3 is 10.6 Å². The molecule has 1 fully saturated rings. The fourth-order valence-electron chi connectivity index (χ4n) is 2.89. The largest absolute Gasteiger partial charge is 0.326 e. The zero-order valence-electron chi connectivity index (χ0n) is 12.8. The fraction of sp³-hybridized carbons (Fsp3) is 0.353. The molecule has 1 aromatic heterocycles. The molecule has 1 aliphatic carbocycles. The topological polar surface area (TPSA) is 71.1 Å². The number of carbonyl (C=O) groups is 2. The number of thiazole rings is 1. The van der Waals surface area contributed by atoms with Gasteiger partial charge >= 0.3 is 0 Å². The normalized spacial score (nSPS) is 22.2. The highest BCUT2D eigenvalue weighted by Gasteiger charge is 2.39. The fourth-order valence-corrected chi connectivity index (χ4v) is 3.61. The van der Waals surface area contributed by atoms with Gasteiger partial charge in [0.25, 0.3) is 0 Å². The van der Waals surface area contributed by atoms with Crippen molar-refractivity contribution >= 4 is 34.0 Å². The van der Waals surface area contributed by atoms with Crippen LogP contribution in [0, 0.1) is 11.8 Å². The molecule has 118 valence electrons. The molecule has 2 heterocycles. The predicted octanol–water partition coefficient (Wildman–Crippen LogP) is 3.29. The highest BCUT2D eigenvalue weighted by Crippen LogP contribution is 2.39. The molecule has 0 radical (unpaired) electrons. The summed E-state index contributed by atoms with van der Waals surface area (Å²) in [7, 11) is 0. The van der Waals surface area contributed by atoms with E-state index in [0.29, 0.717) is 17.5 Å². The number of amides is 2. The van der Waals surface area contributed by atoms with Crippen molar-refractivity contribution in [3.8, 4) is 11.3 Å². The lowest BCUT2D eigenvalue weighted by Crippen LogP contribution is -2.18. The molecular formula is C17H17N3O2S. The van der Waals surface area contributed by atoms with Gasteiger partial charge in [-0.2, -0.15) is 0 Å². The quantitative estimate of drug-likeness (QED) is 0.909. The summed E-state index contributed by atoms with van der Waals surface area (Å²) in [5.41, 5.74) is 3.88. The summed E-state index contributed by atoms with van der Waals surface area (Å²) in [6.45, 7) is 2.09. The molecule has 0 unspecified atom stereocenters. The molecule has 6 heteroatoms. The van der Waals surface area contributed by atoms with E-state index in [4.69, 9.17) is 0 Å². The minimum absolute atomic E-state index is 0.0678. The number of carbonyl (C=O) groups excluding carboxylic acids is 2. The first kappa shape index (κ1) is 14.4. The van der Waals surface area contributed by atoms with Crippen molar-refractivity contribution in [2.24, 2.45) is 11.8 Å². The van der Waals surface area contributed by atoms with Crippen LogP contribution in [-0.4, -0.2) is 16.8 Å². The van der Waals surface area contributed by atoms with Crippen LogP contribution in [0.25, 0.3) is 11.3 Å². The van der Waals surface area contributed by atoms with Crippen LogP contribution in [-0.2, 0) is 16.0 Å². The monoisotopic (exact) mass is 327 g/mol. The van der Waals surface area contributed by atoms with Gasteiger partial charge in [0.2, 0.25) is 11.8 Å². The molecule has 0 bridgehead atoms. The number of benzene rings is 1. The van der Waals surface area contributed by atoms with Crippen molar-refractivity contribution in [3.05, 3.63) is 29.1 Å². The van der Waals surface area contributed by atoms with Crippen molar-refractivity contribution in [2.45, 2.75) is 26.2 Å². The number of hydrogen-bond donors (Lipinski definition) is 2. The lowest BCUT2D eigenvalue weighted by atomic mass is 9.99. The van der Waals surface area contributed by atoms with E-state index in [9.17, 15) is 9.59 Å². The maximum absolute atomic E-state index is 12.0. The number of aryl methyl sites for hydroxylation is 1. The van der Waals surface area contributed by atoms with Gasteiger partial charge in [0.1, 0.15) is 0 Å². The molecule has 4 rings (SSSR count). The zero-order chi connectivity index (χ0) is 16.0. The molecule has 2 amide bonds. The van der Waals surface area contributed by atoms with Crippen LogP contribution in [0.5, 0.6) is 0 Å². The Morgan fingerprint density at radius 2 is 2.22 bits per heavy atom. The molecule has 1 aliphatic heterocycles. The van der Waals surface area contributed by atoms with E-state index < -0.39 is 0 Å². The van der Waals surface area contributed by atoms with Crippen molar-refractivity contribution in [1.29, 1.82) is 0 Å². The zero-order valence-corrected chi connectivity index (χ0v) is 13.6. The van der Waals surface area contributed by atoms with Crippen LogP contribution < -0.4 is 10.6 Å². The highest BCUT2D eigenvalue weighted by atomic mass is 32.1. The molecule has 2 aliphatic rings. The average molecular weight is 327 g/mol. The first-order valence-electron chi connectivity index (χ1n) is 7.79. The van der Waals surface area contributed by atoms with E-state index in [-0.39, 0.29) is 17.7 Å². The Bertz CT molecular complexity index is 799. The summed E-state index contributed by atoms with van der Waals surface area (Å²) >= 11 is 1.44. The maximum Gasteiger partial charge on any atom is 0.229 e. The number of fused-ring (bicyclic) bond motifs is 1. The molecule has 2 aromatic rings. The summed E-state index contributed by atoms with van der Waals surface area (Å²) in [6, 6.07) is 5.94. The highest BCUT2D eigenvalue weighted by molar-refractivity contribution is 7.14. The molecule has 2 N–H and O–H groups in total. The summed E-state index contributed by atoms with van der Waals surface area (Å²) in [4.78, 5) is 27.9. The number of nitrogens with one attached hydrogen (secondary N) is 2. The minimum atomic E-state index is 0.0678. The van der Waals surface area contributed by atoms with Gasteiger partial charge in [-0.25, -0.2) is 4.98 Å². The van der Waals surface area contributed by atoms with Crippen molar-refractivity contribution in [1.82, 2.24) is 4.98 Å². The predicted molar refractivity (Wildman–Crippen MR) is 90.4 cm³/mol. The summed E-state index contributed by atoms with van der Waals surface area (Å²) in [5.74, 6) is 0.782. The van der Waals surface area contributed by atoms with E-state index >= 15 is 0 Å². The lowest BCUT2D eigenvalue weighted by Gasteiger charge is -2.17. The number of nitrogens with zero attached hydrogens (tertiary/aromatic N) is 1. The maximum atomic E-state index is 12.0. The van der Waals surface area contributed by atoms with Crippen molar-refractivity contribution in [2.75, 3.05) is 10.6 Å². The van der Waals surface area contributed by atoms with Crippen molar-refractivity contribution < 1.29 is 9.59 Å². The van der Waals surface area contributed by atoms with Crippen LogP contribution in [0.3, 0.4) is 0 Å². The molecule has 1 saturated carbocycles. The number of aromatic nitrogens is 1. The van der Waals surface area contributed by atoms with Gasteiger partial charge in [0, 0.05) is 29.0 Å². The van der Waals surface area contributed by atoms with Crippen LogP contribution >= 0.6 is 11.3 Å². The lowest BCUT2D eigenvalue weighted by molar-refractivity contribution is -0.118. The SMILES string of the molecule is C[C@@H]1C[C@@H]1C(=O)Nc1nc(-c2ccc3c(c2)CCC(=O)N3)cs1. The Morgan fingerprint density at radius 1 is 1.39 bits per heavy atom. The molecule has 0 saturated heterocycles. The van der Waals surface area contributed by atoms with Gasteiger partial charge in [0.05, 0.1) is 5.69 Å². The summed E-state index contributed by atoms with van der Waals surface area (Å²) < 4.78 is 0.